The average Bonchev–Trinajstić information content (AvgIpc) is 3.45. The summed E-state index contributed by atoms with van der Waals surface area (Å²) in [7, 11) is 0. The fourth-order valence-corrected chi connectivity index (χ4v) is 5.16. The molecule has 1 saturated heterocycles. The van der Waals surface area contributed by atoms with Crippen LogP contribution in [0.1, 0.15) is 29.7 Å². The van der Waals surface area contributed by atoms with Crippen molar-refractivity contribution < 1.29 is 14.0 Å². The second kappa shape index (κ2) is 10.6. The van der Waals surface area contributed by atoms with Crippen LogP contribution in [0.2, 0.25) is 0 Å². The van der Waals surface area contributed by atoms with Gasteiger partial charge in [-0.25, -0.2) is 19.3 Å². The van der Waals surface area contributed by atoms with E-state index in [4.69, 9.17) is 12.2 Å². The predicted octanol–water partition coefficient (Wildman–Crippen LogP) is 4.54. The van der Waals surface area contributed by atoms with Crippen molar-refractivity contribution in [3.05, 3.63) is 64.9 Å². The number of carbonyl (C=O) groups excluding carboxylic acids is 2. The molecule has 0 radical (unpaired) electrons. The summed E-state index contributed by atoms with van der Waals surface area (Å²) in [5.41, 5.74) is 2.66. The minimum Gasteiger partial charge on any atom is -0.350 e. The molecule has 1 amide bonds. The predicted molar refractivity (Wildman–Crippen MR) is 149 cm³/mol. The summed E-state index contributed by atoms with van der Waals surface area (Å²) < 4.78 is 16.7. The van der Waals surface area contributed by atoms with Gasteiger partial charge in [0.2, 0.25) is 5.91 Å². The number of hydrogen-bond donors (Lipinski definition) is 1. The third-order valence-electron chi connectivity index (χ3n) is 6.32. The minimum absolute atomic E-state index is 0.000822. The van der Waals surface area contributed by atoms with Crippen LogP contribution < -0.4 is 5.32 Å². The van der Waals surface area contributed by atoms with Crippen molar-refractivity contribution in [2.45, 2.75) is 39.0 Å². The van der Waals surface area contributed by atoms with E-state index >= 15 is 0 Å². The van der Waals surface area contributed by atoms with Crippen LogP contribution in [0, 0.1) is 6.92 Å². The Labute approximate surface area is 231 Å². The van der Waals surface area contributed by atoms with Crippen LogP contribution in [0.3, 0.4) is 0 Å². The molecule has 0 saturated carbocycles. The lowest BCUT2D eigenvalue weighted by Gasteiger charge is -2.26. The number of thiocarbonyl (C=S) groups is 1. The summed E-state index contributed by atoms with van der Waals surface area (Å²) >= 11 is 8.95. The first-order valence-corrected chi connectivity index (χ1v) is 13.1. The SMILES string of the molecule is CC(=O)c1nn(CC(=S)N2C[C@H](F)C[C@H]2C(=O)Nc2cccc(Br)n2)c2ccc(-c3cnc(C)nc3)cc12. The number of hydrogen-bond acceptors (Lipinski definition) is 7. The van der Waals surface area contributed by atoms with Crippen molar-refractivity contribution >= 4 is 61.5 Å². The maximum Gasteiger partial charge on any atom is 0.248 e. The molecule has 194 valence electrons. The molecule has 5 rings (SSSR count). The molecule has 1 aliphatic heterocycles. The molecule has 0 aliphatic carbocycles. The van der Waals surface area contributed by atoms with E-state index in [1.807, 2.05) is 25.1 Å². The second-order valence-corrected chi connectivity index (χ2v) is 10.3. The molecule has 1 aromatic carbocycles. The van der Waals surface area contributed by atoms with Crippen molar-refractivity contribution in [3.63, 3.8) is 0 Å². The summed E-state index contributed by atoms with van der Waals surface area (Å²) in [6.45, 7) is 3.37. The van der Waals surface area contributed by atoms with Gasteiger partial charge in [0.15, 0.2) is 5.78 Å². The molecule has 4 aromatic rings. The second-order valence-electron chi connectivity index (χ2n) is 9.04. The lowest BCUT2D eigenvalue weighted by Crippen LogP contribution is -2.44. The van der Waals surface area contributed by atoms with Crippen molar-refractivity contribution in [1.29, 1.82) is 0 Å². The van der Waals surface area contributed by atoms with E-state index in [9.17, 15) is 14.0 Å². The number of pyridine rings is 1. The lowest BCUT2D eigenvalue weighted by molar-refractivity contribution is -0.119. The number of amides is 1. The van der Waals surface area contributed by atoms with Gasteiger partial charge in [-0.3, -0.25) is 14.3 Å². The van der Waals surface area contributed by atoms with Gasteiger partial charge >= 0.3 is 0 Å². The number of aromatic nitrogens is 5. The Morgan fingerprint density at radius 1 is 1.18 bits per heavy atom. The molecule has 3 aromatic heterocycles. The molecular formula is C26H23BrFN7O2S. The van der Waals surface area contributed by atoms with Crippen LogP contribution in [0.5, 0.6) is 0 Å². The highest BCUT2D eigenvalue weighted by Crippen LogP contribution is 2.28. The summed E-state index contributed by atoms with van der Waals surface area (Å²) in [5.74, 6) is 0.438. The number of carbonyl (C=O) groups is 2. The van der Waals surface area contributed by atoms with Crippen LogP contribution in [-0.4, -0.2) is 65.1 Å². The van der Waals surface area contributed by atoms with Gasteiger partial charge in [0.25, 0.3) is 0 Å². The summed E-state index contributed by atoms with van der Waals surface area (Å²) in [6.07, 6.45) is 2.26. The van der Waals surface area contributed by atoms with Crippen LogP contribution in [-0.2, 0) is 11.3 Å². The van der Waals surface area contributed by atoms with E-state index in [2.05, 4.69) is 41.3 Å². The number of ketones is 1. The number of Topliss-reactive ketones (excluding diaryl/α,β-unsaturated/α-hetero) is 1. The third-order valence-corrected chi connectivity index (χ3v) is 7.13. The maximum atomic E-state index is 14.5. The maximum absolute atomic E-state index is 14.5. The molecule has 0 spiro atoms. The zero-order chi connectivity index (χ0) is 27.0. The fraction of sp³-hybridized carbons (Fsp3) is 0.269. The largest absolute Gasteiger partial charge is 0.350 e. The highest BCUT2D eigenvalue weighted by molar-refractivity contribution is 9.10. The van der Waals surface area contributed by atoms with Crippen LogP contribution in [0.25, 0.3) is 22.0 Å². The minimum atomic E-state index is -1.21. The number of likely N-dealkylation sites (tertiary alicyclic amines) is 1. The number of halogens is 2. The van der Waals surface area contributed by atoms with E-state index < -0.39 is 18.1 Å². The Morgan fingerprint density at radius 3 is 2.66 bits per heavy atom. The van der Waals surface area contributed by atoms with Crippen LogP contribution >= 0.6 is 28.1 Å². The smallest absolute Gasteiger partial charge is 0.248 e. The van der Waals surface area contributed by atoms with Gasteiger partial charge in [0, 0.05) is 36.7 Å². The Balaban J connectivity index is 1.41. The molecule has 1 fully saturated rings. The standard InChI is InChI=1S/C26H23BrFN7O2S/c1-14(36)25-19-8-16(17-10-29-15(2)30-11-17)6-7-20(19)35(33-25)13-24(38)34-12-18(28)9-21(34)26(37)32-23-5-3-4-22(27)31-23/h3-8,10-11,18,21H,9,12-13H2,1-2H3,(H,31,32,37)/t18-,21+/m1/s1. The van der Waals surface area contributed by atoms with Gasteiger partial charge in [-0.1, -0.05) is 24.4 Å². The summed E-state index contributed by atoms with van der Waals surface area (Å²) in [4.78, 5) is 40.1. The van der Waals surface area contributed by atoms with Gasteiger partial charge in [-0.15, -0.1) is 0 Å². The number of anilines is 1. The molecule has 2 atom stereocenters. The first-order chi connectivity index (χ1) is 18.2. The zero-order valence-electron chi connectivity index (χ0n) is 20.6. The molecule has 1 aliphatic rings. The number of fused-ring (bicyclic) bond motifs is 1. The van der Waals surface area contributed by atoms with Gasteiger partial charge in [-0.05, 0) is 52.7 Å². The fourth-order valence-electron chi connectivity index (χ4n) is 4.50. The number of nitrogens with zero attached hydrogens (tertiary/aromatic N) is 6. The summed E-state index contributed by atoms with van der Waals surface area (Å²) in [6, 6.07) is 9.99. The van der Waals surface area contributed by atoms with Crippen molar-refractivity contribution in [2.75, 3.05) is 11.9 Å². The van der Waals surface area contributed by atoms with E-state index in [0.717, 1.165) is 11.1 Å². The third kappa shape index (κ3) is 5.32. The first kappa shape index (κ1) is 26.0. The molecule has 1 N–H and O–H groups in total. The molecule has 12 heteroatoms. The normalized spacial score (nSPS) is 17.1. The Kier molecular flexibility index (Phi) is 7.26. The summed E-state index contributed by atoms with van der Waals surface area (Å²) in [5, 5.41) is 7.94. The van der Waals surface area contributed by atoms with E-state index in [-0.39, 0.29) is 25.3 Å². The van der Waals surface area contributed by atoms with Crippen LogP contribution in [0.4, 0.5) is 10.2 Å². The van der Waals surface area contributed by atoms with Gasteiger partial charge in [0.05, 0.1) is 18.6 Å². The number of nitrogens with one attached hydrogen (secondary N) is 1. The van der Waals surface area contributed by atoms with Gasteiger partial charge in [-0.2, -0.15) is 5.10 Å². The van der Waals surface area contributed by atoms with Gasteiger partial charge < -0.3 is 10.2 Å². The molecular weight excluding hydrogens is 573 g/mol. The highest BCUT2D eigenvalue weighted by atomic mass is 79.9. The van der Waals surface area contributed by atoms with Gasteiger partial charge in [0.1, 0.15) is 39.1 Å². The highest BCUT2D eigenvalue weighted by Gasteiger charge is 2.38. The van der Waals surface area contributed by atoms with E-state index in [0.29, 0.717) is 37.8 Å². The molecule has 4 heterocycles. The van der Waals surface area contributed by atoms with Crippen LogP contribution in [0.15, 0.2) is 53.4 Å². The number of benzene rings is 1. The quantitative estimate of drug-likeness (QED) is 0.197. The molecule has 0 bridgehead atoms. The number of rotatable bonds is 6. The number of alkyl halides is 1. The van der Waals surface area contributed by atoms with E-state index in [1.165, 1.54) is 6.92 Å². The van der Waals surface area contributed by atoms with Crippen molar-refractivity contribution in [1.82, 2.24) is 29.6 Å². The molecule has 0 unspecified atom stereocenters. The van der Waals surface area contributed by atoms with Crippen molar-refractivity contribution in [2.24, 2.45) is 0 Å². The Morgan fingerprint density at radius 2 is 1.95 bits per heavy atom. The van der Waals surface area contributed by atoms with E-state index in [1.54, 1.807) is 40.2 Å². The average molecular weight is 596 g/mol. The Bertz CT molecular complexity index is 1560. The molecule has 9 nitrogen and oxygen atoms in total. The topological polar surface area (TPSA) is 106 Å². The first-order valence-electron chi connectivity index (χ1n) is 11.9. The number of aryl methyl sites for hydroxylation is 1. The zero-order valence-corrected chi connectivity index (χ0v) is 23.0. The lowest BCUT2D eigenvalue weighted by atomic mass is 10.0. The van der Waals surface area contributed by atoms with Crippen molar-refractivity contribution in [3.8, 4) is 11.1 Å². The monoisotopic (exact) mass is 595 g/mol. The Hall–Kier alpha value is -3.64. The molecule has 38 heavy (non-hydrogen) atoms.